The first-order valence-corrected chi connectivity index (χ1v) is 9.31. The molecule has 0 spiro atoms. The van der Waals surface area contributed by atoms with Gasteiger partial charge < -0.3 is 25.4 Å². The molecule has 0 aromatic heterocycles. The number of amides is 1. The number of piperazine rings is 1. The number of carboxylic acid groups (broad SMARTS) is 1. The Balaban J connectivity index is 1.59. The van der Waals surface area contributed by atoms with E-state index in [1.807, 2.05) is 4.90 Å². The van der Waals surface area contributed by atoms with Crippen molar-refractivity contribution in [2.24, 2.45) is 5.73 Å². The van der Waals surface area contributed by atoms with Gasteiger partial charge in [0.25, 0.3) is 0 Å². The van der Waals surface area contributed by atoms with E-state index in [9.17, 15) is 24.5 Å². The Labute approximate surface area is 163 Å². The Hall–Kier alpha value is -2.43. The van der Waals surface area contributed by atoms with Crippen molar-refractivity contribution in [3.8, 4) is 5.75 Å². The molecule has 150 valence electrons. The van der Waals surface area contributed by atoms with Crippen molar-refractivity contribution in [3.63, 3.8) is 0 Å². The van der Waals surface area contributed by atoms with Crippen LogP contribution in [0.5, 0.6) is 5.75 Å². The van der Waals surface area contributed by atoms with Crippen LogP contribution in [0, 0.1) is 0 Å². The molecule has 0 unspecified atom stereocenters. The molecule has 2 aliphatic heterocycles. The first-order chi connectivity index (χ1) is 13.4. The molecular weight excluding hydrogens is 365 g/mol. The quantitative estimate of drug-likeness (QED) is 0.518. The number of ketones is 1. The van der Waals surface area contributed by atoms with Crippen LogP contribution in [0.1, 0.15) is 22.3 Å². The zero-order valence-corrected chi connectivity index (χ0v) is 15.5. The number of para-hydroxylation sites is 1. The molecule has 1 aromatic rings. The van der Waals surface area contributed by atoms with E-state index in [1.54, 1.807) is 12.1 Å². The van der Waals surface area contributed by atoms with E-state index in [1.165, 1.54) is 11.0 Å². The number of aromatic carboxylic acids is 1. The molecule has 0 aliphatic carbocycles. The third-order valence-electron chi connectivity index (χ3n) is 5.15. The van der Waals surface area contributed by atoms with E-state index in [-0.39, 0.29) is 42.5 Å². The van der Waals surface area contributed by atoms with Crippen LogP contribution in [-0.2, 0) is 16.0 Å². The Bertz CT molecular complexity index is 774. The van der Waals surface area contributed by atoms with Gasteiger partial charge in [0.2, 0.25) is 5.91 Å². The average molecular weight is 389 g/mol. The molecule has 0 radical (unpaired) electrons. The van der Waals surface area contributed by atoms with Crippen LogP contribution in [-0.4, -0.2) is 84.0 Å². The van der Waals surface area contributed by atoms with E-state index in [0.29, 0.717) is 38.2 Å². The van der Waals surface area contributed by atoms with Gasteiger partial charge in [-0.2, -0.15) is 0 Å². The number of hydrogen-bond acceptors (Lipinski definition) is 7. The molecule has 9 nitrogen and oxygen atoms in total. The van der Waals surface area contributed by atoms with Gasteiger partial charge in [0.1, 0.15) is 5.75 Å². The third-order valence-corrected chi connectivity index (χ3v) is 5.15. The molecular formula is C18H24BN3O6. The Morgan fingerprint density at radius 3 is 2.79 bits per heavy atom. The highest BCUT2D eigenvalue weighted by Crippen LogP contribution is 2.36. The van der Waals surface area contributed by atoms with E-state index in [0.717, 1.165) is 0 Å². The lowest BCUT2D eigenvalue weighted by molar-refractivity contribution is -0.139. The smallest absolute Gasteiger partial charge is 0.526 e. The van der Waals surface area contributed by atoms with Crippen molar-refractivity contribution >= 4 is 24.8 Å². The van der Waals surface area contributed by atoms with Gasteiger partial charge in [0.15, 0.2) is 5.78 Å². The SMILES string of the molecule is NCCN1CCN(CC(=O)C[C@H]2Cc3cccc(C(=O)O)c3OB2O)C(=O)C1. The third kappa shape index (κ3) is 4.52. The monoisotopic (exact) mass is 389 g/mol. The molecule has 1 saturated heterocycles. The summed E-state index contributed by atoms with van der Waals surface area (Å²) in [5.41, 5.74) is 6.14. The Morgan fingerprint density at radius 2 is 2.11 bits per heavy atom. The van der Waals surface area contributed by atoms with Gasteiger partial charge in [-0.05, 0) is 18.1 Å². The van der Waals surface area contributed by atoms with Crippen molar-refractivity contribution in [2.45, 2.75) is 18.7 Å². The number of rotatable bonds is 7. The minimum absolute atomic E-state index is 0.000537. The minimum Gasteiger partial charge on any atom is -0.535 e. The largest absolute Gasteiger partial charge is 0.535 e. The van der Waals surface area contributed by atoms with Gasteiger partial charge in [0, 0.05) is 38.4 Å². The second-order valence-corrected chi connectivity index (χ2v) is 7.19. The van der Waals surface area contributed by atoms with Crippen LogP contribution in [0.25, 0.3) is 0 Å². The lowest BCUT2D eigenvalue weighted by Crippen LogP contribution is -2.52. The number of fused-ring (bicyclic) bond motifs is 1. The van der Waals surface area contributed by atoms with Crippen molar-refractivity contribution in [2.75, 3.05) is 39.3 Å². The number of benzene rings is 1. The second kappa shape index (κ2) is 8.72. The van der Waals surface area contributed by atoms with Gasteiger partial charge in [-0.3, -0.25) is 14.5 Å². The molecule has 0 saturated carbocycles. The van der Waals surface area contributed by atoms with Crippen molar-refractivity contribution in [1.82, 2.24) is 9.80 Å². The maximum atomic E-state index is 12.5. The van der Waals surface area contributed by atoms with Crippen molar-refractivity contribution in [1.29, 1.82) is 0 Å². The second-order valence-electron chi connectivity index (χ2n) is 7.19. The first kappa shape index (κ1) is 20.3. The van der Waals surface area contributed by atoms with E-state index < -0.39 is 18.9 Å². The summed E-state index contributed by atoms with van der Waals surface area (Å²) in [4.78, 5) is 39.5. The summed E-state index contributed by atoms with van der Waals surface area (Å²) in [5.74, 6) is -1.74. The van der Waals surface area contributed by atoms with Crippen LogP contribution in [0.4, 0.5) is 0 Å². The molecule has 1 fully saturated rings. The van der Waals surface area contributed by atoms with E-state index in [4.69, 9.17) is 10.4 Å². The maximum absolute atomic E-state index is 12.5. The lowest BCUT2D eigenvalue weighted by atomic mass is 9.64. The molecule has 4 N–H and O–H groups in total. The molecule has 10 heteroatoms. The van der Waals surface area contributed by atoms with E-state index >= 15 is 0 Å². The molecule has 28 heavy (non-hydrogen) atoms. The number of hydrogen-bond donors (Lipinski definition) is 3. The summed E-state index contributed by atoms with van der Waals surface area (Å²) >= 11 is 0. The van der Waals surface area contributed by atoms with Crippen LogP contribution in [0.15, 0.2) is 18.2 Å². The predicted octanol–water partition coefficient (Wildman–Crippen LogP) is -0.767. The standard InChI is InChI=1S/C18H24BN3O6/c20-4-5-21-6-7-22(16(24)11-21)10-14(23)9-13-8-12-2-1-3-15(18(25)26)17(12)28-19(13)27/h1-3,13,27H,4-11,20H2,(H,25,26)/t13-/m1/s1. The van der Waals surface area contributed by atoms with Crippen molar-refractivity contribution in [3.05, 3.63) is 29.3 Å². The maximum Gasteiger partial charge on any atom is 0.526 e. The summed E-state index contributed by atoms with van der Waals surface area (Å²) in [6, 6.07) is 4.75. The lowest BCUT2D eigenvalue weighted by Gasteiger charge is -2.34. The molecule has 1 atom stereocenters. The molecule has 0 bridgehead atoms. The number of Topliss-reactive ketones (excluding diaryl/α,β-unsaturated/α-hetero) is 1. The number of carbonyl (C=O) groups is 3. The minimum atomic E-state index is -1.27. The first-order valence-electron chi connectivity index (χ1n) is 9.31. The van der Waals surface area contributed by atoms with Gasteiger partial charge >= 0.3 is 13.1 Å². The van der Waals surface area contributed by atoms with Crippen molar-refractivity contribution < 1.29 is 29.2 Å². The normalized spacial score (nSPS) is 19.9. The molecule has 1 aromatic carbocycles. The van der Waals surface area contributed by atoms with E-state index in [2.05, 4.69) is 0 Å². The summed E-state index contributed by atoms with van der Waals surface area (Å²) in [5, 5.41) is 19.5. The van der Waals surface area contributed by atoms with Gasteiger partial charge in [-0.25, -0.2) is 4.79 Å². The predicted molar refractivity (Wildman–Crippen MR) is 101 cm³/mol. The highest BCUT2D eigenvalue weighted by atomic mass is 16.5. The number of carbonyl (C=O) groups excluding carboxylic acids is 2. The van der Waals surface area contributed by atoms with Crippen LogP contribution < -0.4 is 10.4 Å². The average Bonchev–Trinajstić information content (AvgIpc) is 2.64. The van der Waals surface area contributed by atoms with Gasteiger partial charge in [-0.15, -0.1) is 0 Å². The molecule has 2 aliphatic rings. The topological polar surface area (TPSA) is 133 Å². The summed E-state index contributed by atoms with van der Waals surface area (Å²) < 4.78 is 5.41. The van der Waals surface area contributed by atoms with Crippen LogP contribution >= 0.6 is 0 Å². The number of nitrogens with two attached hydrogens (primary N) is 1. The highest BCUT2D eigenvalue weighted by molar-refractivity contribution is 6.47. The number of carboxylic acids is 1. The summed E-state index contributed by atoms with van der Waals surface area (Å²) in [7, 11) is -1.27. The zero-order chi connectivity index (χ0) is 20.3. The fourth-order valence-electron chi connectivity index (χ4n) is 3.69. The van der Waals surface area contributed by atoms with Crippen LogP contribution in [0.2, 0.25) is 5.82 Å². The van der Waals surface area contributed by atoms with Gasteiger partial charge in [-0.1, -0.05) is 12.1 Å². The molecule has 3 rings (SSSR count). The Morgan fingerprint density at radius 1 is 1.32 bits per heavy atom. The molecule has 2 heterocycles. The molecule has 1 amide bonds. The fraction of sp³-hybridized carbons (Fsp3) is 0.500. The van der Waals surface area contributed by atoms with Gasteiger partial charge in [0.05, 0.1) is 18.7 Å². The Kier molecular flexibility index (Phi) is 6.33. The highest BCUT2D eigenvalue weighted by Gasteiger charge is 2.38. The summed E-state index contributed by atoms with van der Waals surface area (Å²) in [6.45, 7) is 2.54. The fourth-order valence-corrected chi connectivity index (χ4v) is 3.69. The van der Waals surface area contributed by atoms with Crippen LogP contribution in [0.3, 0.4) is 0 Å². The summed E-state index contributed by atoms with van der Waals surface area (Å²) in [6.07, 6.45) is 0.385. The zero-order valence-electron chi connectivity index (χ0n) is 15.5. The number of nitrogens with zero attached hydrogens (tertiary/aromatic N) is 2.